The number of carbonyl (C=O) groups is 1. The monoisotopic (exact) mass is 327 g/mol. The average molecular weight is 328 g/mol. The topological polar surface area (TPSA) is 57.8 Å². The normalized spacial score (nSPS) is 12.3. The van der Waals surface area contributed by atoms with Crippen LogP contribution in [0.5, 0.6) is 0 Å². The van der Waals surface area contributed by atoms with E-state index in [9.17, 15) is 4.79 Å². The first kappa shape index (κ1) is 15.6. The molecule has 1 atom stereocenters. The van der Waals surface area contributed by atoms with Crippen LogP contribution < -0.4 is 5.32 Å². The van der Waals surface area contributed by atoms with Crippen LogP contribution in [0.1, 0.15) is 30.8 Å². The summed E-state index contributed by atoms with van der Waals surface area (Å²) in [6.45, 7) is 1.96. The van der Waals surface area contributed by atoms with Crippen LogP contribution in [0.15, 0.2) is 48.5 Å². The smallest absolute Gasteiger partial charge is 0.220 e. The van der Waals surface area contributed by atoms with Crippen molar-refractivity contribution in [2.45, 2.75) is 25.8 Å². The summed E-state index contributed by atoms with van der Waals surface area (Å²) in [5.74, 6) is 0.841. The standard InChI is InChI=1S/C18H18ClN3O/c1-12(13-6-8-14(19)9-7-13)20-18(23)11-10-17-21-15-4-2-3-5-16(15)22-17/h2-9,12H,10-11H2,1H3,(H,20,23)(H,21,22). The van der Waals surface area contributed by atoms with E-state index in [1.165, 1.54) is 0 Å². The van der Waals surface area contributed by atoms with Gasteiger partial charge in [0, 0.05) is 17.9 Å². The predicted molar refractivity (Wildman–Crippen MR) is 92.4 cm³/mol. The number of aromatic amines is 1. The van der Waals surface area contributed by atoms with E-state index in [0.717, 1.165) is 22.4 Å². The Bertz CT molecular complexity index is 778. The van der Waals surface area contributed by atoms with E-state index >= 15 is 0 Å². The molecule has 0 aliphatic heterocycles. The molecule has 5 heteroatoms. The Morgan fingerprint density at radius 2 is 1.96 bits per heavy atom. The van der Waals surface area contributed by atoms with Crippen LogP contribution in [0.2, 0.25) is 5.02 Å². The molecule has 1 aromatic heterocycles. The van der Waals surface area contributed by atoms with E-state index in [0.29, 0.717) is 17.9 Å². The molecule has 2 N–H and O–H groups in total. The number of para-hydroxylation sites is 2. The molecule has 1 amide bonds. The fraction of sp³-hybridized carbons (Fsp3) is 0.222. The molecule has 0 bridgehead atoms. The summed E-state index contributed by atoms with van der Waals surface area (Å²) in [6, 6.07) is 15.3. The number of benzene rings is 2. The summed E-state index contributed by atoms with van der Waals surface area (Å²) in [5.41, 5.74) is 2.96. The molecule has 4 nitrogen and oxygen atoms in total. The lowest BCUT2D eigenvalue weighted by molar-refractivity contribution is -0.121. The first-order valence-corrected chi connectivity index (χ1v) is 7.98. The predicted octanol–water partition coefficient (Wildman–Crippen LogP) is 4.03. The highest BCUT2D eigenvalue weighted by Gasteiger charge is 2.11. The molecule has 1 heterocycles. The summed E-state index contributed by atoms with van der Waals surface area (Å²) in [5, 5.41) is 3.69. The highest BCUT2D eigenvalue weighted by atomic mass is 35.5. The molecule has 0 aliphatic rings. The molecule has 3 aromatic rings. The molecule has 1 unspecified atom stereocenters. The van der Waals surface area contributed by atoms with Gasteiger partial charge in [0.1, 0.15) is 5.82 Å². The second kappa shape index (κ2) is 6.84. The number of imidazole rings is 1. The lowest BCUT2D eigenvalue weighted by atomic mass is 10.1. The fourth-order valence-corrected chi connectivity index (χ4v) is 2.63. The quantitative estimate of drug-likeness (QED) is 0.743. The minimum absolute atomic E-state index is 0.00732. The lowest BCUT2D eigenvalue weighted by Crippen LogP contribution is -2.26. The zero-order valence-electron chi connectivity index (χ0n) is 12.8. The molecule has 0 aliphatic carbocycles. The number of hydrogen-bond acceptors (Lipinski definition) is 2. The third-order valence-corrected chi connectivity index (χ3v) is 4.03. The van der Waals surface area contributed by atoms with Gasteiger partial charge in [-0.15, -0.1) is 0 Å². The lowest BCUT2D eigenvalue weighted by Gasteiger charge is -2.14. The van der Waals surface area contributed by atoms with Gasteiger partial charge in [-0.3, -0.25) is 4.79 Å². The number of nitrogens with one attached hydrogen (secondary N) is 2. The summed E-state index contributed by atoms with van der Waals surface area (Å²) < 4.78 is 0. The third-order valence-electron chi connectivity index (χ3n) is 3.77. The zero-order valence-corrected chi connectivity index (χ0v) is 13.6. The van der Waals surface area contributed by atoms with Gasteiger partial charge in [0.25, 0.3) is 0 Å². The largest absolute Gasteiger partial charge is 0.350 e. The second-order valence-corrected chi connectivity index (χ2v) is 5.98. The van der Waals surface area contributed by atoms with Gasteiger partial charge >= 0.3 is 0 Å². The molecule has 3 rings (SSSR count). The van der Waals surface area contributed by atoms with Gasteiger partial charge in [0.2, 0.25) is 5.91 Å². The molecule has 0 spiro atoms. The van der Waals surface area contributed by atoms with Crippen molar-refractivity contribution in [3.63, 3.8) is 0 Å². The SMILES string of the molecule is CC(NC(=O)CCc1nc2ccccc2[nH]1)c1ccc(Cl)cc1. The summed E-state index contributed by atoms with van der Waals surface area (Å²) in [6.07, 6.45) is 0.992. The molecule has 0 fully saturated rings. The van der Waals surface area contributed by atoms with Gasteiger partial charge in [0.15, 0.2) is 0 Å². The molecule has 0 radical (unpaired) electrons. The molecule has 0 saturated carbocycles. The minimum atomic E-state index is -0.0459. The maximum absolute atomic E-state index is 12.1. The van der Waals surface area contributed by atoms with Gasteiger partial charge in [0.05, 0.1) is 17.1 Å². The van der Waals surface area contributed by atoms with Gasteiger partial charge in [-0.2, -0.15) is 0 Å². The Labute approximate surface area is 139 Å². The number of fused-ring (bicyclic) bond motifs is 1. The molecule has 2 aromatic carbocycles. The number of rotatable bonds is 5. The van der Waals surface area contributed by atoms with Crippen LogP contribution in [0, 0.1) is 0 Å². The Morgan fingerprint density at radius 1 is 1.22 bits per heavy atom. The minimum Gasteiger partial charge on any atom is -0.350 e. The number of carbonyl (C=O) groups excluding carboxylic acids is 1. The first-order valence-electron chi connectivity index (χ1n) is 7.60. The Balaban J connectivity index is 1.55. The molecule has 23 heavy (non-hydrogen) atoms. The summed E-state index contributed by atoms with van der Waals surface area (Å²) >= 11 is 5.88. The second-order valence-electron chi connectivity index (χ2n) is 5.54. The van der Waals surface area contributed by atoms with Crippen LogP contribution in [-0.4, -0.2) is 15.9 Å². The van der Waals surface area contributed by atoms with Crippen LogP contribution in [-0.2, 0) is 11.2 Å². The van der Waals surface area contributed by atoms with E-state index in [4.69, 9.17) is 11.6 Å². The number of H-pyrrole nitrogens is 1. The van der Waals surface area contributed by atoms with Gasteiger partial charge in [-0.25, -0.2) is 4.98 Å². The van der Waals surface area contributed by atoms with Crippen molar-refractivity contribution in [3.8, 4) is 0 Å². The van der Waals surface area contributed by atoms with Crippen molar-refractivity contribution in [1.29, 1.82) is 0 Å². The maximum atomic E-state index is 12.1. The van der Waals surface area contributed by atoms with Crippen molar-refractivity contribution in [3.05, 3.63) is 64.9 Å². The highest BCUT2D eigenvalue weighted by molar-refractivity contribution is 6.30. The van der Waals surface area contributed by atoms with E-state index < -0.39 is 0 Å². The van der Waals surface area contributed by atoms with Gasteiger partial charge in [-0.05, 0) is 36.8 Å². The molecule has 0 saturated heterocycles. The van der Waals surface area contributed by atoms with Gasteiger partial charge < -0.3 is 10.3 Å². The number of nitrogens with zero attached hydrogens (tertiary/aromatic N) is 1. The highest BCUT2D eigenvalue weighted by Crippen LogP contribution is 2.16. The summed E-state index contributed by atoms with van der Waals surface area (Å²) in [7, 11) is 0. The van der Waals surface area contributed by atoms with E-state index in [2.05, 4.69) is 15.3 Å². The average Bonchev–Trinajstić information content (AvgIpc) is 2.96. The Hall–Kier alpha value is -2.33. The maximum Gasteiger partial charge on any atom is 0.220 e. The van der Waals surface area contributed by atoms with Gasteiger partial charge in [-0.1, -0.05) is 35.9 Å². The van der Waals surface area contributed by atoms with Crippen LogP contribution in [0.4, 0.5) is 0 Å². The zero-order chi connectivity index (χ0) is 16.2. The third kappa shape index (κ3) is 3.90. The van der Waals surface area contributed by atoms with Crippen molar-refractivity contribution in [1.82, 2.24) is 15.3 Å². The molecular formula is C18H18ClN3O. The van der Waals surface area contributed by atoms with E-state index in [1.54, 1.807) is 0 Å². The van der Waals surface area contributed by atoms with Crippen molar-refractivity contribution in [2.75, 3.05) is 0 Å². The van der Waals surface area contributed by atoms with E-state index in [-0.39, 0.29) is 11.9 Å². The van der Waals surface area contributed by atoms with Crippen LogP contribution >= 0.6 is 11.6 Å². The first-order chi connectivity index (χ1) is 11.1. The van der Waals surface area contributed by atoms with Crippen molar-refractivity contribution in [2.24, 2.45) is 0 Å². The number of aromatic nitrogens is 2. The molecule has 118 valence electrons. The van der Waals surface area contributed by atoms with E-state index in [1.807, 2.05) is 55.5 Å². The van der Waals surface area contributed by atoms with Crippen molar-refractivity contribution < 1.29 is 4.79 Å². The van der Waals surface area contributed by atoms with Crippen LogP contribution in [0.3, 0.4) is 0 Å². The number of amides is 1. The number of halogens is 1. The van der Waals surface area contributed by atoms with Crippen LogP contribution in [0.25, 0.3) is 11.0 Å². The summed E-state index contributed by atoms with van der Waals surface area (Å²) in [4.78, 5) is 19.8. The number of aryl methyl sites for hydroxylation is 1. The van der Waals surface area contributed by atoms with Crippen molar-refractivity contribution >= 4 is 28.5 Å². The Morgan fingerprint density at radius 3 is 2.70 bits per heavy atom. The fourth-order valence-electron chi connectivity index (χ4n) is 2.50. The number of hydrogen-bond donors (Lipinski definition) is 2. The molecular weight excluding hydrogens is 310 g/mol. The Kier molecular flexibility index (Phi) is 4.63.